The summed E-state index contributed by atoms with van der Waals surface area (Å²) in [6.45, 7) is 0. The summed E-state index contributed by atoms with van der Waals surface area (Å²) in [5.74, 6) is -4.02. The Morgan fingerprint density at radius 1 is 1.21 bits per heavy atom. The Morgan fingerprint density at radius 2 is 1.84 bits per heavy atom. The van der Waals surface area contributed by atoms with Crippen molar-refractivity contribution in [3.8, 4) is 0 Å². The van der Waals surface area contributed by atoms with Gasteiger partial charge in [-0.05, 0) is 12.8 Å². The maximum atomic E-state index is 12.2. The minimum Gasteiger partial charge on any atom is -0.481 e. The molecule has 1 saturated carbocycles. The van der Waals surface area contributed by atoms with Gasteiger partial charge in [-0.3, -0.25) is 24.6 Å². The van der Waals surface area contributed by atoms with Crippen LogP contribution >= 0.6 is 0 Å². The van der Waals surface area contributed by atoms with E-state index in [-0.39, 0.29) is 6.04 Å². The van der Waals surface area contributed by atoms with Crippen LogP contribution in [0.3, 0.4) is 0 Å². The molecule has 0 aromatic heterocycles. The smallest absolute Gasteiger partial charge is 0.331 e. The van der Waals surface area contributed by atoms with E-state index >= 15 is 0 Å². The zero-order chi connectivity index (χ0) is 14.0. The molecule has 2 N–H and O–H groups in total. The molecule has 7 heteroatoms. The van der Waals surface area contributed by atoms with Gasteiger partial charge in [0.15, 0.2) is 0 Å². The van der Waals surface area contributed by atoms with Gasteiger partial charge in [-0.25, -0.2) is 4.79 Å². The average molecular weight is 268 g/mol. The van der Waals surface area contributed by atoms with E-state index in [4.69, 9.17) is 5.11 Å². The molecule has 104 valence electrons. The summed E-state index contributed by atoms with van der Waals surface area (Å²) in [7, 11) is 0. The summed E-state index contributed by atoms with van der Waals surface area (Å²) in [4.78, 5) is 47.2. The first-order chi connectivity index (χ1) is 9.00. The summed E-state index contributed by atoms with van der Waals surface area (Å²) in [5.41, 5.74) is 0. The second-order valence-electron chi connectivity index (χ2n) is 4.94. The van der Waals surface area contributed by atoms with Crippen molar-refractivity contribution in [2.75, 3.05) is 0 Å². The van der Waals surface area contributed by atoms with E-state index in [1.54, 1.807) is 0 Å². The van der Waals surface area contributed by atoms with E-state index in [1.807, 2.05) is 0 Å². The number of nitrogens with zero attached hydrogens (tertiary/aromatic N) is 1. The van der Waals surface area contributed by atoms with Crippen molar-refractivity contribution in [1.29, 1.82) is 0 Å². The van der Waals surface area contributed by atoms with Gasteiger partial charge in [0.05, 0.1) is 6.42 Å². The lowest BCUT2D eigenvalue weighted by atomic mass is 9.91. The number of carbonyl (C=O) groups is 4. The van der Waals surface area contributed by atoms with Crippen molar-refractivity contribution in [3.05, 3.63) is 0 Å². The number of nitrogens with one attached hydrogen (secondary N) is 1. The minimum atomic E-state index is -1.29. The van der Waals surface area contributed by atoms with E-state index < -0.39 is 36.2 Å². The van der Waals surface area contributed by atoms with Crippen molar-refractivity contribution in [2.24, 2.45) is 5.92 Å². The van der Waals surface area contributed by atoms with E-state index in [1.165, 1.54) is 0 Å². The van der Waals surface area contributed by atoms with Crippen molar-refractivity contribution in [1.82, 2.24) is 10.2 Å². The van der Waals surface area contributed by atoms with Gasteiger partial charge in [-0.15, -0.1) is 0 Å². The van der Waals surface area contributed by atoms with Crippen LogP contribution < -0.4 is 5.32 Å². The summed E-state index contributed by atoms with van der Waals surface area (Å²) >= 11 is 0. The Labute approximate surface area is 109 Å². The van der Waals surface area contributed by atoms with Gasteiger partial charge in [0.1, 0.15) is 5.92 Å². The number of imide groups is 2. The van der Waals surface area contributed by atoms with Gasteiger partial charge in [0, 0.05) is 6.04 Å². The van der Waals surface area contributed by atoms with Gasteiger partial charge < -0.3 is 5.11 Å². The molecule has 0 radical (unpaired) electrons. The molecule has 2 rings (SSSR count). The van der Waals surface area contributed by atoms with E-state index in [0.29, 0.717) is 12.8 Å². The molecule has 4 amide bonds. The molecule has 1 aliphatic carbocycles. The Bertz CT molecular complexity index is 428. The second-order valence-corrected chi connectivity index (χ2v) is 4.94. The number of amides is 4. The molecule has 1 unspecified atom stereocenters. The zero-order valence-electron chi connectivity index (χ0n) is 10.4. The third-order valence-electron chi connectivity index (χ3n) is 3.62. The molecule has 0 aromatic rings. The highest BCUT2D eigenvalue weighted by Crippen LogP contribution is 2.26. The molecule has 0 spiro atoms. The number of aliphatic carboxylic acids is 1. The molecule has 0 bridgehead atoms. The number of urea groups is 1. The predicted molar refractivity (Wildman–Crippen MR) is 63.0 cm³/mol. The number of hydrogen-bond donors (Lipinski definition) is 2. The van der Waals surface area contributed by atoms with Crippen LogP contribution in [0.25, 0.3) is 0 Å². The van der Waals surface area contributed by atoms with Crippen molar-refractivity contribution in [2.45, 2.75) is 44.6 Å². The maximum Gasteiger partial charge on any atom is 0.331 e. The topological polar surface area (TPSA) is 104 Å². The molecular weight excluding hydrogens is 252 g/mol. The highest BCUT2D eigenvalue weighted by Gasteiger charge is 2.44. The van der Waals surface area contributed by atoms with Crippen LogP contribution in [0.15, 0.2) is 0 Å². The molecule has 7 nitrogen and oxygen atoms in total. The van der Waals surface area contributed by atoms with E-state index in [0.717, 1.165) is 24.2 Å². The zero-order valence-corrected chi connectivity index (χ0v) is 10.4. The quantitative estimate of drug-likeness (QED) is 0.725. The van der Waals surface area contributed by atoms with Crippen LogP contribution in [0.1, 0.15) is 38.5 Å². The molecule has 1 saturated heterocycles. The Morgan fingerprint density at radius 3 is 2.42 bits per heavy atom. The van der Waals surface area contributed by atoms with Gasteiger partial charge >= 0.3 is 12.0 Å². The van der Waals surface area contributed by atoms with Gasteiger partial charge in [0.2, 0.25) is 11.8 Å². The standard InChI is InChI=1S/C12H16N2O5/c15-9(16)6-8-10(17)13-12(19)14(11(8)18)7-4-2-1-3-5-7/h7-8H,1-6H2,(H,15,16)(H,13,17,19). The lowest BCUT2D eigenvalue weighted by molar-refractivity contribution is -0.151. The summed E-state index contributed by atoms with van der Waals surface area (Å²) in [6, 6.07) is -0.936. The monoisotopic (exact) mass is 268 g/mol. The summed E-state index contributed by atoms with van der Waals surface area (Å²) in [5, 5.41) is 10.8. The third kappa shape index (κ3) is 2.74. The summed E-state index contributed by atoms with van der Waals surface area (Å²) < 4.78 is 0. The Kier molecular flexibility index (Phi) is 3.82. The largest absolute Gasteiger partial charge is 0.481 e. The number of carbonyl (C=O) groups excluding carboxylic acids is 3. The fraction of sp³-hybridized carbons (Fsp3) is 0.667. The summed E-state index contributed by atoms with van der Waals surface area (Å²) in [6.07, 6.45) is 3.78. The first kappa shape index (κ1) is 13.5. The lowest BCUT2D eigenvalue weighted by Gasteiger charge is -2.37. The van der Waals surface area contributed by atoms with Crippen LogP contribution in [0.5, 0.6) is 0 Å². The van der Waals surface area contributed by atoms with Crippen LogP contribution in [0, 0.1) is 5.92 Å². The fourth-order valence-corrected chi connectivity index (χ4v) is 2.67. The van der Waals surface area contributed by atoms with E-state index in [2.05, 4.69) is 5.32 Å². The number of hydrogen-bond acceptors (Lipinski definition) is 4. The highest BCUT2D eigenvalue weighted by atomic mass is 16.4. The van der Waals surface area contributed by atoms with E-state index in [9.17, 15) is 19.2 Å². The maximum absolute atomic E-state index is 12.2. The molecule has 1 heterocycles. The Balaban J connectivity index is 2.17. The number of carboxylic acids is 1. The Hall–Kier alpha value is -1.92. The van der Waals surface area contributed by atoms with Crippen LogP contribution in [-0.2, 0) is 14.4 Å². The van der Waals surface area contributed by atoms with Gasteiger partial charge in [-0.2, -0.15) is 0 Å². The van der Waals surface area contributed by atoms with Crippen molar-refractivity contribution < 1.29 is 24.3 Å². The van der Waals surface area contributed by atoms with Crippen LogP contribution in [0.2, 0.25) is 0 Å². The van der Waals surface area contributed by atoms with Crippen LogP contribution in [-0.4, -0.2) is 39.9 Å². The number of rotatable bonds is 3. The highest BCUT2D eigenvalue weighted by molar-refractivity contribution is 6.17. The van der Waals surface area contributed by atoms with Crippen molar-refractivity contribution >= 4 is 23.8 Å². The molecule has 1 aliphatic heterocycles. The fourth-order valence-electron chi connectivity index (χ4n) is 2.67. The average Bonchev–Trinajstić information content (AvgIpc) is 2.35. The predicted octanol–water partition coefficient (Wildman–Crippen LogP) is 0.488. The minimum absolute atomic E-state index is 0.217. The normalized spacial score (nSPS) is 25.4. The molecular formula is C12H16N2O5. The third-order valence-corrected chi connectivity index (χ3v) is 3.62. The lowest BCUT2D eigenvalue weighted by Crippen LogP contribution is -2.61. The van der Waals surface area contributed by atoms with Crippen LogP contribution in [0.4, 0.5) is 4.79 Å². The molecule has 2 fully saturated rings. The SMILES string of the molecule is O=C(O)CC1C(=O)NC(=O)N(C2CCCCC2)C1=O. The number of carboxylic acid groups (broad SMARTS) is 1. The first-order valence-electron chi connectivity index (χ1n) is 6.40. The van der Waals surface area contributed by atoms with Gasteiger partial charge in [-0.1, -0.05) is 19.3 Å². The van der Waals surface area contributed by atoms with Gasteiger partial charge in [0.25, 0.3) is 0 Å². The molecule has 1 atom stereocenters. The molecule has 19 heavy (non-hydrogen) atoms. The molecule has 0 aromatic carbocycles. The van der Waals surface area contributed by atoms with Crippen molar-refractivity contribution in [3.63, 3.8) is 0 Å². The molecule has 2 aliphatic rings. The number of barbiturate groups is 1. The first-order valence-corrected chi connectivity index (χ1v) is 6.40. The second kappa shape index (κ2) is 5.38.